The molecule has 0 saturated heterocycles. The third kappa shape index (κ3) is 6.45. The molecule has 0 unspecified atom stereocenters. The van der Waals surface area contributed by atoms with Gasteiger partial charge in [-0.15, -0.1) is 0 Å². The van der Waals surface area contributed by atoms with Crippen molar-refractivity contribution in [3.8, 4) is 11.5 Å². The fourth-order valence-corrected chi connectivity index (χ4v) is 4.51. The summed E-state index contributed by atoms with van der Waals surface area (Å²) in [7, 11) is 8.38. The molecular formula is C26H40N4O2. The van der Waals surface area contributed by atoms with E-state index >= 15 is 0 Å². The number of likely N-dealkylation sites (N-methyl/N-ethyl adjacent to an activating group) is 4. The minimum atomic E-state index is 0.424. The molecule has 4 bridgehead atoms. The van der Waals surface area contributed by atoms with Crippen molar-refractivity contribution in [1.82, 2.24) is 19.6 Å². The molecule has 1 aliphatic rings. The number of hydrogen-bond donors (Lipinski definition) is 2. The van der Waals surface area contributed by atoms with E-state index in [1.165, 1.54) is 11.1 Å². The Morgan fingerprint density at radius 3 is 0.938 bits per heavy atom. The predicted octanol–water partition coefficient (Wildman–Crippen LogP) is 3.16. The normalized spacial score (nSPS) is 18.9. The number of aromatic hydroxyl groups is 2. The monoisotopic (exact) mass is 440 g/mol. The van der Waals surface area contributed by atoms with Crippen LogP contribution in [0.5, 0.6) is 11.5 Å². The minimum Gasteiger partial charge on any atom is -0.507 e. The molecule has 2 N–H and O–H groups in total. The smallest absolute Gasteiger partial charge is 0.124 e. The summed E-state index contributed by atoms with van der Waals surface area (Å²) in [6.45, 7) is 10.5. The molecule has 6 nitrogen and oxygen atoms in total. The number of fused-ring (bicyclic) bond motifs is 4. The summed E-state index contributed by atoms with van der Waals surface area (Å²) in [6, 6.07) is 8.38. The number of nitrogens with zero attached hydrogens (tertiary/aromatic N) is 4. The van der Waals surface area contributed by atoms with E-state index in [9.17, 15) is 10.2 Å². The SMILES string of the molecule is Cc1cc2c(O)c(c1)CN(C)CCN(C)Cc1cc(C)cc(c1O)CN(C)CCN(C)C2. The summed E-state index contributed by atoms with van der Waals surface area (Å²) in [5.74, 6) is 0.847. The lowest BCUT2D eigenvalue weighted by Gasteiger charge is -2.26. The molecule has 0 atom stereocenters. The van der Waals surface area contributed by atoms with Gasteiger partial charge in [-0.2, -0.15) is 0 Å². The highest BCUT2D eigenvalue weighted by Gasteiger charge is 2.16. The Hall–Kier alpha value is -2.12. The minimum absolute atomic E-state index is 0.424. The van der Waals surface area contributed by atoms with E-state index in [0.717, 1.165) is 48.4 Å². The molecule has 0 spiro atoms. The number of benzene rings is 2. The Morgan fingerprint density at radius 2 is 0.719 bits per heavy atom. The summed E-state index contributed by atoms with van der Waals surface area (Å²) >= 11 is 0. The number of phenols is 2. The zero-order chi connectivity index (χ0) is 23.4. The van der Waals surface area contributed by atoms with E-state index in [4.69, 9.17) is 0 Å². The van der Waals surface area contributed by atoms with Gasteiger partial charge in [0.2, 0.25) is 0 Å². The van der Waals surface area contributed by atoms with E-state index < -0.39 is 0 Å². The first kappa shape index (κ1) is 24.5. The van der Waals surface area contributed by atoms with Crippen LogP contribution >= 0.6 is 0 Å². The van der Waals surface area contributed by atoms with Crippen LogP contribution in [0.4, 0.5) is 0 Å². The van der Waals surface area contributed by atoms with Crippen LogP contribution in [0.25, 0.3) is 0 Å². The highest BCUT2D eigenvalue weighted by atomic mass is 16.3. The van der Waals surface area contributed by atoms with Gasteiger partial charge in [0.05, 0.1) is 0 Å². The molecule has 1 heterocycles. The van der Waals surface area contributed by atoms with Gasteiger partial charge in [0.1, 0.15) is 11.5 Å². The fourth-order valence-electron chi connectivity index (χ4n) is 4.51. The lowest BCUT2D eigenvalue weighted by molar-refractivity contribution is 0.236. The van der Waals surface area contributed by atoms with Gasteiger partial charge in [-0.05, 0) is 42.0 Å². The Morgan fingerprint density at radius 1 is 0.500 bits per heavy atom. The van der Waals surface area contributed by atoms with Crippen LogP contribution in [0, 0.1) is 13.8 Å². The van der Waals surface area contributed by atoms with E-state index in [2.05, 4.69) is 85.9 Å². The van der Waals surface area contributed by atoms with E-state index in [1.807, 2.05) is 0 Å². The zero-order valence-corrected chi connectivity index (χ0v) is 20.6. The van der Waals surface area contributed by atoms with Crippen LogP contribution in [0.15, 0.2) is 24.3 Å². The first-order valence-electron chi connectivity index (χ1n) is 11.5. The van der Waals surface area contributed by atoms with E-state index in [1.54, 1.807) is 0 Å². The standard InChI is InChI=1S/C26H40N4O2/c1-19-11-21-15-27(3)7-9-29(5)17-23-13-20(2)14-24(26(23)32)18-30(6)10-8-28(4)16-22(12-19)25(21)31/h11-14,31-32H,7-10,15-18H2,1-6H3. The molecule has 0 radical (unpaired) electrons. The molecule has 0 saturated carbocycles. The Balaban J connectivity index is 1.88. The summed E-state index contributed by atoms with van der Waals surface area (Å²) in [5, 5.41) is 21.9. The van der Waals surface area contributed by atoms with Crippen molar-refractivity contribution >= 4 is 0 Å². The van der Waals surface area contributed by atoms with Crippen molar-refractivity contribution in [3.63, 3.8) is 0 Å². The summed E-state index contributed by atoms with van der Waals surface area (Å²) in [5.41, 5.74) is 6.30. The Kier molecular flexibility index (Phi) is 8.17. The van der Waals surface area contributed by atoms with Gasteiger partial charge in [0, 0.05) is 74.6 Å². The van der Waals surface area contributed by atoms with Gasteiger partial charge in [-0.3, -0.25) is 0 Å². The summed E-state index contributed by atoms with van der Waals surface area (Å²) in [6.07, 6.45) is 0. The molecule has 6 heteroatoms. The molecule has 3 rings (SSSR count). The van der Waals surface area contributed by atoms with Gasteiger partial charge in [0.25, 0.3) is 0 Å². The average Bonchev–Trinajstić information content (AvgIpc) is 2.71. The molecule has 0 aromatic heterocycles. The van der Waals surface area contributed by atoms with Crippen molar-refractivity contribution in [2.45, 2.75) is 40.0 Å². The Labute approximate surface area is 193 Å². The van der Waals surface area contributed by atoms with Crippen LogP contribution in [0.1, 0.15) is 33.4 Å². The molecule has 0 amide bonds. The third-order valence-corrected chi connectivity index (χ3v) is 6.31. The van der Waals surface area contributed by atoms with Gasteiger partial charge in [0.15, 0.2) is 0 Å². The van der Waals surface area contributed by atoms with Crippen molar-refractivity contribution in [1.29, 1.82) is 0 Å². The molecule has 2 aromatic carbocycles. The number of rotatable bonds is 0. The van der Waals surface area contributed by atoms with Crippen LogP contribution in [0.2, 0.25) is 0 Å². The van der Waals surface area contributed by atoms with Gasteiger partial charge in [-0.1, -0.05) is 35.4 Å². The fraction of sp³-hybridized carbons (Fsp3) is 0.538. The second kappa shape index (κ2) is 10.7. The maximum absolute atomic E-state index is 10.9. The second-order valence-electron chi connectivity index (χ2n) is 9.81. The lowest BCUT2D eigenvalue weighted by Crippen LogP contribution is -2.31. The number of phenolic OH excluding ortho intramolecular Hbond substituents is 2. The number of hydrogen-bond acceptors (Lipinski definition) is 6. The molecule has 176 valence electrons. The average molecular weight is 441 g/mol. The molecule has 1 aliphatic heterocycles. The van der Waals surface area contributed by atoms with Gasteiger partial charge in [-0.25, -0.2) is 0 Å². The highest BCUT2D eigenvalue weighted by Crippen LogP contribution is 2.28. The topological polar surface area (TPSA) is 53.4 Å². The third-order valence-electron chi connectivity index (χ3n) is 6.31. The van der Waals surface area contributed by atoms with Gasteiger partial charge < -0.3 is 29.8 Å². The molecule has 0 fully saturated rings. The lowest BCUT2D eigenvalue weighted by atomic mass is 10.0. The predicted molar refractivity (Wildman–Crippen MR) is 131 cm³/mol. The maximum Gasteiger partial charge on any atom is 0.124 e. The quantitative estimate of drug-likeness (QED) is 0.656. The first-order valence-corrected chi connectivity index (χ1v) is 11.5. The van der Waals surface area contributed by atoms with Crippen LogP contribution < -0.4 is 0 Å². The molecular weight excluding hydrogens is 400 g/mol. The van der Waals surface area contributed by atoms with Crippen molar-refractivity contribution < 1.29 is 10.2 Å². The summed E-state index contributed by atoms with van der Waals surface area (Å²) in [4.78, 5) is 8.99. The van der Waals surface area contributed by atoms with Crippen molar-refractivity contribution in [2.75, 3.05) is 54.4 Å². The summed E-state index contributed by atoms with van der Waals surface area (Å²) < 4.78 is 0. The van der Waals surface area contributed by atoms with Crippen molar-refractivity contribution in [3.05, 3.63) is 57.6 Å². The molecule has 0 aliphatic carbocycles. The highest BCUT2D eigenvalue weighted by molar-refractivity contribution is 5.44. The largest absolute Gasteiger partial charge is 0.507 e. The van der Waals surface area contributed by atoms with Crippen LogP contribution in [-0.2, 0) is 26.2 Å². The number of aryl methyl sites for hydroxylation is 2. The van der Waals surface area contributed by atoms with Crippen LogP contribution in [-0.4, -0.2) is 84.2 Å². The van der Waals surface area contributed by atoms with Gasteiger partial charge >= 0.3 is 0 Å². The molecule has 2 aromatic rings. The van der Waals surface area contributed by atoms with Crippen LogP contribution in [0.3, 0.4) is 0 Å². The maximum atomic E-state index is 10.9. The zero-order valence-electron chi connectivity index (χ0n) is 20.6. The van der Waals surface area contributed by atoms with E-state index in [0.29, 0.717) is 37.7 Å². The van der Waals surface area contributed by atoms with E-state index in [-0.39, 0.29) is 0 Å². The molecule has 32 heavy (non-hydrogen) atoms. The van der Waals surface area contributed by atoms with Crippen molar-refractivity contribution in [2.24, 2.45) is 0 Å². The second-order valence-corrected chi connectivity index (χ2v) is 9.81. The Bertz CT molecular complexity index is 789. The first-order chi connectivity index (χ1) is 15.1.